The number of methoxy groups -OCH3 is 1. The molecule has 2 amide bonds. The number of hydrogen-bond donors (Lipinski definition) is 2. The van der Waals surface area contributed by atoms with Crippen molar-refractivity contribution in [2.75, 3.05) is 69.9 Å². The van der Waals surface area contributed by atoms with E-state index in [1.54, 1.807) is 42.6 Å². The molecule has 3 aromatic rings. The van der Waals surface area contributed by atoms with Gasteiger partial charge in [-0.3, -0.25) is 0 Å². The lowest BCUT2D eigenvalue weighted by Crippen LogP contribution is -2.50. The number of rotatable bonds is 10. The standard InChI is InChI=1S/C30H37N7O4/c1-39-16-17-41-28-19-26-25(18-27(28)40-15-9-23-4-2-3-10-32-23)29(34-21-33-26)36-11-13-37(14-12-36)30(38)35-24-7-5-22(20-31)6-8-24/h5-8,18-19,21,23,32H,2-4,9-17H2,1H3,(H,35,38). The number of nitrogens with one attached hydrogen (secondary N) is 2. The number of piperidine rings is 1. The molecule has 2 N–H and O–H groups in total. The van der Waals surface area contributed by atoms with Crippen molar-refractivity contribution in [1.29, 1.82) is 5.26 Å². The van der Waals surface area contributed by atoms with Crippen molar-refractivity contribution in [2.24, 2.45) is 0 Å². The van der Waals surface area contributed by atoms with Crippen LogP contribution in [0, 0.1) is 11.3 Å². The van der Waals surface area contributed by atoms with Crippen LogP contribution in [0.2, 0.25) is 0 Å². The Hall–Kier alpha value is -4.14. The third kappa shape index (κ3) is 7.34. The van der Waals surface area contributed by atoms with Gasteiger partial charge >= 0.3 is 6.03 Å². The van der Waals surface area contributed by atoms with Gasteiger partial charge in [0.25, 0.3) is 0 Å². The highest BCUT2D eigenvalue weighted by atomic mass is 16.5. The van der Waals surface area contributed by atoms with Crippen molar-refractivity contribution in [2.45, 2.75) is 31.7 Å². The van der Waals surface area contributed by atoms with Crippen LogP contribution in [0.3, 0.4) is 0 Å². The number of amides is 2. The van der Waals surface area contributed by atoms with E-state index in [1.807, 2.05) is 12.1 Å². The van der Waals surface area contributed by atoms with Gasteiger partial charge in [0.05, 0.1) is 30.4 Å². The van der Waals surface area contributed by atoms with E-state index in [0.717, 1.165) is 29.7 Å². The molecule has 41 heavy (non-hydrogen) atoms. The van der Waals surface area contributed by atoms with Gasteiger partial charge in [-0.1, -0.05) is 6.42 Å². The molecular weight excluding hydrogens is 522 g/mol. The Kier molecular flexibility index (Phi) is 9.67. The maximum Gasteiger partial charge on any atom is 0.321 e. The van der Waals surface area contributed by atoms with Crippen molar-refractivity contribution in [3.63, 3.8) is 0 Å². The van der Waals surface area contributed by atoms with Gasteiger partial charge in [-0.2, -0.15) is 5.26 Å². The third-order valence-corrected chi connectivity index (χ3v) is 7.49. The highest BCUT2D eigenvalue weighted by Gasteiger charge is 2.24. The molecule has 216 valence electrons. The molecule has 1 unspecified atom stereocenters. The van der Waals surface area contributed by atoms with E-state index in [2.05, 4.69) is 31.6 Å². The summed E-state index contributed by atoms with van der Waals surface area (Å²) in [5, 5.41) is 16.4. The van der Waals surface area contributed by atoms with Gasteiger partial charge in [-0.05, 0) is 56.1 Å². The predicted molar refractivity (Wildman–Crippen MR) is 157 cm³/mol. The van der Waals surface area contributed by atoms with Crippen LogP contribution in [-0.4, -0.2) is 86.6 Å². The first-order valence-electron chi connectivity index (χ1n) is 14.2. The summed E-state index contributed by atoms with van der Waals surface area (Å²) in [6.45, 7) is 4.88. The fourth-order valence-corrected chi connectivity index (χ4v) is 5.20. The number of anilines is 2. The monoisotopic (exact) mass is 559 g/mol. The molecule has 0 bridgehead atoms. The second kappa shape index (κ2) is 14.0. The van der Waals surface area contributed by atoms with Gasteiger partial charge < -0.3 is 34.6 Å². The van der Waals surface area contributed by atoms with Crippen molar-refractivity contribution in [3.8, 4) is 17.6 Å². The van der Waals surface area contributed by atoms with Crippen LogP contribution in [0.15, 0.2) is 42.7 Å². The zero-order valence-corrected chi connectivity index (χ0v) is 23.5. The van der Waals surface area contributed by atoms with Crippen molar-refractivity contribution < 1.29 is 19.0 Å². The Morgan fingerprint density at radius 1 is 1.05 bits per heavy atom. The minimum absolute atomic E-state index is 0.164. The van der Waals surface area contributed by atoms with Gasteiger partial charge in [0.1, 0.15) is 18.8 Å². The van der Waals surface area contributed by atoms with Crippen molar-refractivity contribution in [1.82, 2.24) is 20.2 Å². The largest absolute Gasteiger partial charge is 0.490 e. The molecule has 1 aromatic heterocycles. The summed E-state index contributed by atoms with van der Waals surface area (Å²) in [6.07, 6.45) is 6.16. The highest BCUT2D eigenvalue weighted by Crippen LogP contribution is 2.36. The molecule has 11 nitrogen and oxygen atoms in total. The molecule has 2 fully saturated rings. The van der Waals surface area contributed by atoms with Crippen LogP contribution in [0.1, 0.15) is 31.2 Å². The third-order valence-electron chi connectivity index (χ3n) is 7.49. The van der Waals surface area contributed by atoms with E-state index in [4.69, 9.17) is 19.5 Å². The molecule has 0 aliphatic carbocycles. The van der Waals surface area contributed by atoms with Crippen LogP contribution in [0.4, 0.5) is 16.3 Å². The number of fused-ring (bicyclic) bond motifs is 1. The summed E-state index contributed by atoms with van der Waals surface area (Å²) >= 11 is 0. The molecule has 5 rings (SSSR count). The van der Waals surface area contributed by atoms with Crippen LogP contribution >= 0.6 is 0 Å². The van der Waals surface area contributed by atoms with Crippen LogP contribution in [0.25, 0.3) is 10.9 Å². The molecule has 0 saturated carbocycles. The van der Waals surface area contributed by atoms with Gasteiger partial charge in [-0.25, -0.2) is 14.8 Å². The second-order valence-corrected chi connectivity index (χ2v) is 10.2. The molecule has 2 aromatic carbocycles. The highest BCUT2D eigenvalue weighted by molar-refractivity contribution is 5.92. The first-order chi connectivity index (χ1) is 20.1. The topological polar surface area (TPSA) is 125 Å². The first-order valence-corrected chi connectivity index (χ1v) is 14.2. The molecule has 2 aliphatic heterocycles. The Morgan fingerprint density at radius 2 is 1.83 bits per heavy atom. The normalized spacial score (nSPS) is 17.2. The number of ether oxygens (including phenoxy) is 3. The maximum absolute atomic E-state index is 12.8. The molecule has 2 saturated heterocycles. The van der Waals surface area contributed by atoms with E-state index in [0.29, 0.717) is 74.8 Å². The zero-order valence-electron chi connectivity index (χ0n) is 23.5. The van der Waals surface area contributed by atoms with Gasteiger partial charge in [-0.15, -0.1) is 0 Å². The smallest absolute Gasteiger partial charge is 0.321 e. The van der Waals surface area contributed by atoms with Crippen LogP contribution < -0.4 is 25.0 Å². The SMILES string of the molecule is COCCOc1cc2ncnc(N3CCN(C(=O)Nc4ccc(C#N)cc4)CC3)c2cc1OCCC1CCCCN1. The molecule has 0 radical (unpaired) electrons. The number of carbonyl (C=O) groups is 1. The lowest BCUT2D eigenvalue weighted by Gasteiger charge is -2.35. The summed E-state index contributed by atoms with van der Waals surface area (Å²) in [4.78, 5) is 25.9. The Balaban J connectivity index is 1.27. The minimum Gasteiger partial charge on any atom is -0.490 e. The summed E-state index contributed by atoms with van der Waals surface area (Å²) < 4.78 is 17.5. The average Bonchev–Trinajstić information content (AvgIpc) is 3.02. The van der Waals surface area contributed by atoms with E-state index < -0.39 is 0 Å². The number of hydrogen-bond acceptors (Lipinski definition) is 9. The fourth-order valence-electron chi connectivity index (χ4n) is 5.20. The van der Waals surface area contributed by atoms with E-state index in [9.17, 15) is 4.79 Å². The van der Waals surface area contributed by atoms with E-state index >= 15 is 0 Å². The number of carbonyl (C=O) groups excluding carboxylic acids is 1. The van der Waals surface area contributed by atoms with E-state index in [1.165, 1.54) is 19.3 Å². The number of aromatic nitrogens is 2. The summed E-state index contributed by atoms with van der Waals surface area (Å²) in [7, 11) is 1.65. The molecule has 11 heteroatoms. The number of nitrogens with zero attached hydrogens (tertiary/aromatic N) is 5. The van der Waals surface area contributed by atoms with Gasteiger partial charge in [0.2, 0.25) is 0 Å². The Bertz CT molecular complexity index is 1350. The zero-order chi connectivity index (χ0) is 28.4. The number of benzene rings is 2. The fraction of sp³-hybridized carbons (Fsp3) is 0.467. The quantitative estimate of drug-likeness (QED) is 0.357. The lowest BCUT2D eigenvalue weighted by molar-refractivity contribution is 0.143. The minimum atomic E-state index is -0.164. The molecule has 1 atom stereocenters. The van der Waals surface area contributed by atoms with Crippen molar-refractivity contribution in [3.05, 3.63) is 48.3 Å². The Morgan fingerprint density at radius 3 is 2.56 bits per heavy atom. The Labute approximate surface area is 240 Å². The van der Waals surface area contributed by atoms with Crippen LogP contribution in [0.5, 0.6) is 11.5 Å². The molecule has 0 spiro atoms. The number of piperazine rings is 1. The van der Waals surface area contributed by atoms with E-state index in [-0.39, 0.29) is 6.03 Å². The second-order valence-electron chi connectivity index (χ2n) is 10.2. The maximum atomic E-state index is 12.8. The molecular formula is C30H37N7O4. The summed E-state index contributed by atoms with van der Waals surface area (Å²) in [5.74, 6) is 2.12. The lowest BCUT2D eigenvalue weighted by atomic mass is 10.0. The van der Waals surface area contributed by atoms with Crippen molar-refractivity contribution >= 4 is 28.4 Å². The molecule has 3 heterocycles. The number of urea groups is 1. The first kappa shape index (κ1) is 28.4. The summed E-state index contributed by atoms with van der Waals surface area (Å²) in [5.41, 5.74) is 1.98. The van der Waals surface area contributed by atoms with Crippen LogP contribution in [-0.2, 0) is 4.74 Å². The average molecular weight is 560 g/mol. The predicted octanol–water partition coefficient (Wildman–Crippen LogP) is 3.79. The molecule has 2 aliphatic rings. The van der Waals surface area contributed by atoms with Gasteiger partial charge in [0, 0.05) is 56.5 Å². The summed E-state index contributed by atoms with van der Waals surface area (Å²) in [6, 6.07) is 13.1. The number of nitriles is 1. The van der Waals surface area contributed by atoms with Gasteiger partial charge in [0.15, 0.2) is 11.5 Å².